The zero-order valence-corrected chi connectivity index (χ0v) is 22.8. The van der Waals surface area contributed by atoms with Crippen molar-refractivity contribution in [3.05, 3.63) is 0 Å². The highest BCUT2D eigenvalue weighted by Gasteiger charge is 2.12. The van der Waals surface area contributed by atoms with Gasteiger partial charge < -0.3 is 14.6 Å². The van der Waals surface area contributed by atoms with Gasteiger partial charge in [-0.1, -0.05) is 124 Å². The fraction of sp³-hybridized carbons (Fsp3) is 0.931. The summed E-state index contributed by atoms with van der Waals surface area (Å²) >= 11 is 0. The maximum atomic E-state index is 11.8. The van der Waals surface area contributed by atoms with Gasteiger partial charge in [-0.25, -0.2) is 0 Å². The monoisotopic (exact) mass is 484 g/mol. The van der Waals surface area contributed by atoms with E-state index in [1.807, 2.05) is 0 Å². The number of esters is 2. The minimum Gasteiger partial charge on any atom is -0.463 e. The standard InChI is InChI=1S/C29H56O5/c1-4-5-6-15-19-22-28(31)33-24-27(30)25-34-29(32)23-20-17-14-12-10-8-7-9-11-13-16-18-21-26(2)3/h26-27,30H,4-25H2,1-3H3/t27-/m0/s1. The minimum atomic E-state index is -0.951. The lowest BCUT2D eigenvalue weighted by Gasteiger charge is -2.12. The number of aliphatic hydroxyl groups excluding tert-OH is 1. The molecule has 0 rings (SSSR count). The quantitative estimate of drug-likeness (QED) is 0.105. The van der Waals surface area contributed by atoms with Crippen LogP contribution >= 0.6 is 0 Å². The van der Waals surface area contributed by atoms with E-state index in [9.17, 15) is 14.7 Å². The predicted molar refractivity (Wildman–Crippen MR) is 141 cm³/mol. The van der Waals surface area contributed by atoms with Gasteiger partial charge >= 0.3 is 11.9 Å². The third kappa shape index (κ3) is 25.5. The van der Waals surface area contributed by atoms with Crippen molar-refractivity contribution in [1.82, 2.24) is 0 Å². The van der Waals surface area contributed by atoms with Crippen LogP contribution in [-0.4, -0.2) is 36.4 Å². The van der Waals surface area contributed by atoms with Gasteiger partial charge in [0.05, 0.1) is 0 Å². The second-order valence-electron chi connectivity index (χ2n) is 10.4. The average Bonchev–Trinajstić information content (AvgIpc) is 2.81. The van der Waals surface area contributed by atoms with Crippen LogP contribution in [-0.2, 0) is 19.1 Å². The Morgan fingerprint density at radius 3 is 1.32 bits per heavy atom. The third-order valence-corrected chi connectivity index (χ3v) is 6.27. The second kappa shape index (κ2) is 25.0. The zero-order valence-electron chi connectivity index (χ0n) is 22.8. The van der Waals surface area contributed by atoms with Crippen LogP contribution in [0.15, 0.2) is 0 Å². The van der Waals surface area contributed by atoms with Crippen LogP contribution in [0.2, 0.25) is 0 Å². The van der Waals surface area contributed by atoms with Crippen LogP contribution in [0.5, 0.6) is 0 Å². The Hall–Kier alpha value is -1.10. The number of carbonyl (C=O) groups is 2. The Morgan fingerprint density at radius 2 is 0.941 bits per heavy atom. The molecular formula is C29H56O5. The number of carbonyl (C=O) groups excluding carboxylic acids is 2. The van der Waals surface area contributed by atoms with E-state index in [0.29, 0.717) is 12.8 Å². The summed E-state index contributed by atoms with van der Waals surface area (Å²) in [6.07, 6.45) is 21.7. The fourth-order valence-corrected chi connectivity index (χ4v) is 4.03. The molecule has 0 aliphatic rings. The highest BCUT2D eigenvalue weighted by Crippen LogP contribution is 2.14. The van der Waals surface area contributed by atoms with E-state index in [0.717, 1.165) is 38.0 Å². The molecule has 5 nitrogen and oxygen atoms in total. The molecule has 0 aliphatic heterocycles. The Morgan fingerprint density at radius 1 is 0.588 bits per heavy atom. The largest absolute Gasteiger partial charge is 0.463 e. The van der Waals surface area contributed by atoms with Gasteiger partial charge in [0.2, 0.25) is 0 Å². The van der Waals surface area contributed by atoms with Crippen molar-refractivity contribution >= 4 is 11.9 Å². The molecule has 0 aromatic rings. The molecule has 0 amide bonds. The summed E-state index contributed by atoms with van der Waals surface area (Å²) in [6.45, 7) is 6.54. The molecule has 0 bridgehead atoms. The smallest absolute Gasteiger partial charge is 0.305 e. The Kier molecular flexibility index (Phi) is 24.2. The second-order valence-corrected chi connectivity index (χ2v) is 10.4. The van der Waals surface area contributed by atoms with Crippen molar-refractivity contribution in [2.24, 2.45) is 5.92 Å². The summed E-state index contributed by atoms with van der Waals surface area (Å²) < 4.78 is 10.2. The van der Waals surface area contributed by atoms with Crippen LogP contribution in [0.1, 0.15) is 149 Å². The summed E-state index contributed by atoms with van der Waals surface area (Å²) in [7, 11) is 0. The van der Waals surface area contributed by atoms with Gasteiger partial charge in [-0.2, -0.15) is 0 Å². The van der Waals surface area contributed by atoms with Crippen LogP contribution < -0.4 is 0 Å². The Balaban J connectivity index is 3.39. The van der Waals surface area contributed by atoms with E-state index in [1.54, 1.807) is 0 Å². The number of ether oxygens (including phenoxy) is 2. The van der Waals surface area contributed by atoms with Gasteiger partial charge in [0.25, 0.3) is 0 Å². The number of hydrogen-bond acceptors (Lipinski definition) is 5. The van der Waals surface area contributed by atoms with Crippen molar-refractivity contribution in [2.75, 3.05) is 13.2 Å². The molecule has 0 spiro atoms. The Bertz CT molecular complexity index is 463. The molecule has 0 unspecified atom stereocenters. The minimum absolute atomic E-state index is 0.111. The first kappa shape index (κ1) is 32.9. The van der Waals surface area contributed by atoms with Gasteiger partial charge in [0, 0.05) is 12.8 Å². The third-order valence-electron chi connectivity index (χ3n) is 6.27. The average molecular weight is 485 g/mol. The lowest BCUT2D eigenvalue weighted by Crippen LogP contribution is -2.25. The van der Waals surface area contributed by atoms with E-state index in [-0.39, 0.29) is 25.2 Å². The molecule has 0 fully saturated rings. The van der Waals surface area contributed by atoms with E-state index >= 15 is 0 Å². The van der Waals surface area contributed by atoms with Gasteiger partial charge in [0.1, 0.15) is 19.3 Å². The molecule has 5 heteroatoms. The highest BCUT2D eigenvalue weighted by atomic mass is 16.6. The Labute approximate surface area is 210 Å². The SMILES string of the molecule is CCCCCCCC(=O)OC[C@H](O)COC(=O)CCCCCCCCCCCCCCC(C)C. The predicted octanol–water partition coefficient (Wildman–Crippen LogP) is 7.91. The number of aliphatic hydroxyl groups is 1. The molecule has 1 atom stereocenters. The highest BCUT2D eigenvalue weighted by molar-refractivity contribution is 5.69. The lowest BCUT2D eigenvalue weighted by atomic mass is 10.0. The molecule has 0 radical (unpaired) electrons. The summed E-state index contributed by atoms with van der Waals surface area (Å²) in [5.74, 6) is 0.268. The molecule has 0 aromatic heterocycles. The summed E-state index contributed by atoms with van der Waals surface area (Å²) in [5.41, 5.74) is 0. The van der Waals surface area contributed by atoms with Gasteiger partial charge in [-0.05, 0) is 18.8 Å². The molecule has 0 saturated carbocycles. The molecule has 1 N–H and O–H groups in total. The van der Waals surface area contributed by atoms with Crippen LogP contribution in [0.4, 0.5) is 0 Å². The van der Waals surface area contributed by atoms with E-state index in [1.165, 1.54) is 83.5 Å². The number of rotatable bonds is 25. The first-order valence-electron chi connectivity index (χ1n) is 14.4. The van der Waals surface area contributed by atoms with Crippen LogP contribution in [0.3, 0.4) is 0 Å². The van der Waals surface area contributed by atoms with Crippen molar-refractivity contribution in [2.45, 2.75) is 155 Å². The van der Waals surface area contributed by atoms with E-state index < -0.39 is 6.10 Å². The molecule has 34 heavy (non-hydrogen) atoms. The molecule has 0 saturated heterocycles. The number of hydrogen-bond donors (Lipinski definition) is 1. The maximum Gasteiger partial charge on any atom is 0.305 e. The molecular weight excluding hydrogens is 428 g/mol. The van der Waals surface area contributed by atoms with E-state index in [2.05, 4.69) is 20.8 Å². The summed E-state index contributed by atoms with van der Waals surface area (Å²) in [5, 5.41) is 9.84. The zero-order chi connectivity index (χ0) is 25.3. The van der Waals surface area contributed by atoms with Crippen molar-refractivity contribution < 1.29 is 24.2 Å². The van der Waals surface area contributed by atoms with Gasteiger partial charge in [-0.15, -0.1) is 0 Å². The first-order valence-corrected chi connectivity index (χ1v) is 14.4. The normalized spacial score (nSPS) is 12.1. The van der Waals surface area contributed by atoms with Crippen LogP contribution in [0.25, 0.3) is 0 Å². The molecule has 0 aliphatic carbocycles. The molecule has 0 heterocycles. The molecule has 0 aromatic carbocycles. The van der Waals surface area contributed by atoms with Gasteiger partial charge in [0.15, 0.2) is 0 Å². The van der Waals surface area contributed by atoms with Crippen molar-refractivity contribution in [3.63, 3.8) is 0 Å². The fourth-order valence-electron chi connectivity index (χ4n) is 4.03. The summed E-state index contributed by atoms with van der Waals surface area (Å²) in [4.78, 5) is 23.5. The molecule has 202 valence electrons. The lowest BCUT2D eigenvalue weighted by molar-refractivity contribution is -0.152. The number of unbranched alkanes of at least 4 members (excludes halogenated alkanes) is 15. The van der Waals surface area contributed by atoms with E-state index in [4.69, 9.17) is 9.47 Å². The van der Waals surface area contributed by atoms with Crippen molar-refractivity contribution in [3.8, 4) is 0 Å². The van der Waals surface area contributed by atoms with Gasteiger partial charge in [-0.3, -0.25) is 9.59 Å². The topological polar surface area (TPSA) is 72.8 Å². The van der Waals surface area contributed by atoms with Crippen LogP contribution in [0, 0.1) is 5.92 Å². The maximum absolute atomic E-state index is 11.8. The first-order chi connectivity index (χ1) is 16.5. The van der Waals surface area contributed by atoms with Crippen molar-refractivity contribution in [1.29, 1.82) is 0 Å². The summed E-state index contributed by atoms with van der Waals surface area (Å²) in [6, 6.07) is 0.